The number of amides is 1. The fraction of sp³-hybridized carbons (Fsp3) is 0.125. The average Bonchev–Trinajstić information content (AvgIpc) is 3.29. The van der Waals surface area contributed by atoms with Gasteiger partial charge in [0.2, 0.25) is 6.79 Å². The normalized spacial score (nSPS) is 12.2. The van der Waals surface area contributed by atoms with Crippen LogP contribution in [0.25, 0.3) is 0 Å². The molecular weight excluding hydrogens is 344 g/mol. The zero-order chi connectivity index (χ0) is 18.1. The molecule has 0 radical (unpaired) electrons. The second kappa shape index (κ2) is 6.24. The van der Waals surface area contributed by atoms with Gasteiger partial charge in [-0.3, -0.25) is 14.2 Å². The van der Waals surface area contributed by atoms with Crippen LogP contribution in [0.2, 0.25) is 0 Å². The summed E-state index contributed by atoms with van der Waals surface area (Å²) in [4.78, 5) is 39.3. The fourth-order valence-electron chi connectivity index (χ4n) is 2.50. The maximum absolute atomic E-state index is 12.6. The van der Waals surface area contributed by atoms with Crippen LogP contribution in [0.3, 0.4) is 0 Å². The van der Waals surface area contributed by atoms with E-state index < -0.39 is 17.2 Å². The number of aromatic nitrogens is 3. The van der Waals surface area contributed by atoms with E-state index in [1.165, 1.54) is 12.3 Å². The van der Waals surface area contributed by atoms with Gasteiger partial charge in [-0.25, -0.2) is 4.79 Å². The van der Waals surface area contributed by atoms with Gasteiger partial charge in [-0.05, 0) is 17.7 Å². The van der Waals surface area contributed by atoms with Crippen molar-refractivity contribution < 1.29 is 18.8 Å². The van der Waals surface area contributed by atoms with E-state index in [4.69, 9.17) is 9.47 Å². The first-order chi connectivity index (χ1) is 12.6. The summed E-state index contributed by atoms with van der Waals surface area (Å²) in [6.45, 7) is 0.0902. The second-order valence-corrected chi connectivity index (χ2v) is 5.43. The third-order valence-electron chi connectivity index (χ3n) is 3.76. The Morgan fingerprint density at radius 1 is 1.23 bits per heavy atom. The summed E-state index contributed by atoms with van der Waals surface area (Å²) in [6, 6.07) is 6.50. The van der Waals surface area contributed by atoms with Crippen LogP contribution in [-0.4, -0.2) is 27.4 Å². The molecule has 10 heteroatoms. The Hall–Kier alpha value is -3.82. The molecule has 132 valence electrons. The summed E-state index contributed by atoms with van der Waals surface area (Å²) < 4.78 is 16.0. The summed E-state index contributed by atoms with van der Waals surface area (Å²) in [5.74, 6) is 0.574. The molecular formula is C16H12N4O6. The maximum Gasteiger partial charge on any atom is 0.328 e. The number of anilines is 1. The summed E-state index contributed by atoms with van der Waals surface area (Å²) >= 11 is 0. The molecule has 1 aliphatic heterocycles. The zero-order valence-corrected chi connectivity index (χ0v) is 13.2. The zero-order valence-electron chi connectivity index (χ0n) is 13.2. The number of aromatic amines is 1. The molecule has 0 bridgehead atoms. The van der Waals surface area contributed by atoms with Crippen molar-refractivity contribution in [2.45, 2.75) is 6.54 Å². The highest BCUT2D eigenvalue weighted by Gasteiger charge is 2.18. The average molecular weight is 356 g/mol. The Balaban J connectivity index is 1.65. The van der Waals surface area contributed by atoms with Crippen LogP contribution in [0, 0.1) is 0 Å². The standard InChI is InChI=1S/C16H12N4O6/c21-14(18-13-3-4-26-19-13)10-6-17-16(23)20(15(10)22)7-9-1-2-11-12(5-9)25-8-24-11/h1-6H,7-8H2,(H,17,23)(H,18,19,21). The summed E-state index contributed by atoms with van der Waals surface area (Å²) in [5.41, 5.74) is -0.942. The van der Waals surface area contributed by atoms with E-state index >= 15 is 0 Å². The van der Waals surface area contributed by atoms with Crippen molar-refractivity contribution in [3.63, 3.8) is 0 Å². The van der Waals surface area contributed by atoms with Crippen LogP contribution < -0.4 is 26.0 Å². The van der Waals surface area contributed by atoms with Crippen molar-refractivity contribution >= 4 is 11.7 Å². The first-order valence-electron chi connectivity index (χ1n) is 7.54. The molecule has 0 spiro atoms. The van der Waals surface area contributed by atoms with Crippen LogP contribution >= 0.6 is 0 Å². The second-order valence-electron chi connectivity index (χ2n) is 5.43. The SMILES string of the molecule is O=C(Nc1ccon1)c1c[nH]c(=O)n(Cc2ccc3c(c2)OCO3)c1=O. The van der Waals surface area contributed by atoms with Crippen LogP contribution in [-0.2, 0) is 6.54 Å². The van der Waals surface area contributed by atoms with Crippen LogP contribution in [0.5, 0.6) is 11.5 Å². The van der Waals surface area contributed by atoms with E-state index in [1.54, 1.807) is 18.2 Å². The van der Waals surface area contributed by atoms with Crippen LogP contribution in [0.15, 0.2) is 50.8 Å². The van der Waals surface area contributed by atoms with E-state index in [0.717, 1.165) is 10.8 Å². The molecule has 0 atom stereocenters. The number of nitrogens with zero attached hydrogens (tertiary/aromatic N) is 2. The van der Waals surface area contributed by atoms with Crippen molar-refractivity contribution in [3.8, 4) is 11.5 Å². The van der Waals surface area contributed by atoms with E-state index in [0.29, 0.717) is 17.1 Å². The van der Waals surface area contributed by atoms with Crippen molar-refractivity contribution in [2.24, 2.45) is 0 Å². The number of benzene rings is 1. The van der Waals surface area contributed by atoms with Gasteiger partial charge >= 0.3 is 5.69 Å². The predicted octanol–water partition coefficient (Wildman–Crippen LogP) is 0.554. The molecule has 0 fully saturated rings. The molecule has 3 heterocycles. The number of carbonyl (C=O) groups is 1. The van der Waals surface area contributed by atoms with E-state index in [1.807, 2.05) is 0 Å². The summed E-state index contributed by atoms with van der Waals surface area (Å²) in [6.07, 6.45) is 2.34. The van der Waals surface area contributed by atoms with Gasteiger partial charge in [-0.2, -0.15) is 0 Å². The predicted molar refractivity (Wildman–Crippen MR) is 87.4 cm³/mol. The number of hydrogen-bond donors (Lipinski definition) is 2. The highest BCUT2D eigenvalue weighted by atomic mass is 16.7. The molecule has 26 heavy (non-hydrogen) atoms. The Bertz CT molecular complexity index is 1080. The lowest BCUT2D eigenvalue weighted by atomic mass is 10.2. The molecule has 0 saturated carbocycles. The Morgan fingerprint density at radius 3 is 2.88 bits per heavy atom. The van der Waals surface area contributed by atoms with Crippen molar-refractivity contribution in [3.05, 3.63) is 68.7 Å². The first-order valence-corrected chi connectivity index (χ1v) is 7.54. The van der Waals surface area contributed by atoms with Gasteiger partial charge in [0.1, 0.15) is 11.8 Å². The highest BCUT2D eigenvalue weighted by molar-refractivity contribution is 6.03. The minimum absolute atomic E-state index is 0.0319. The molecule has 1 aliphatic rings. The number of nitrogens with one attached hydrogen (secondary N) is 2. The van der Waals surface area contributed by atoms with Gasteiger partial charge in [0.25, 0.3) is 11.5 Å². The molecule has 1 aromatic carbocycles. The minimum atomic E-state index is -0.729. The fourth-order valence-corrected chi connectivity index (χ4v) is 2.50. The van der Waals surface area contributed by atoms with Crippen molar-refractivity contribution in [2.75, 3.05) is 12.1 Å². The molecule has 0 aliphatic carbocycles. The monoisotopic (exact) mass is 356 g/mol. The van der Waals surface area contributed by atoms with Gasteiger partial charge in [-0.1, -0.05) is 11.2 Å². The highest BCUT2D eigenvalue weighted by Crippen LogP contribution is 2.32. The largest absolute Gasteiger partial charge is 0.454 e. The third-order valence-corrected chi connectivity index (χ3v) is 3.76. The van der Waals surface area contributed by atoms with Crippen molar-refractivity contribution in [1.29, 1.82) is 0 Å². The van der Waals surface area contributed by atoms with E-state index in [-0.39, 0.29) is 24.7 Å². The number of carbonyl (C=O) groups excluding carboxylic acids is 1. The van der Waals surface area contributed by atoms with Gasteiger partial charge in [0, 0.05) is 12.3 Å². The number of hydrogen-bond acceptors (Lipinski definition) is 7. The molecule has 2 N–H and O–H groups in total. The Labute approximate surface area is 145 Å². The molecule has 0 unspecified atom stereocenters. The summed E-state index contributed by atoms with van der Waals surface area (Å²) in [7, 11) is 0. The summed E-state index contributed by atoms with van der Waals surface area (Å²) in [5, 5.41) is 5.95. The van der Waals surface area contributed by atoms with Gasteiger partial charge in [0.05, 0.1) is 6.54 Å². The molecule has 0 saturated heterocycles. The maximum atomic E-state index is 12.6. The van der Waals surface area contributed by atoms with Gasteiger partial charge in [0.15, 0.2) is 17.3 Å². The number of ether oxygens (including phenoxy) is 2. The van der Waals surface area contributed by atoms with Crippen molar-refractivity contribution in [1.82, 2.24) is 14.7 Å². The van der Waals surface area contributed by atoms with E-state index in [9.17, 15) is 14.4 Å². The lowest BCUT2D eigenvalue weighted by Gasteiger charge is -2.08. The molecule has 2 aromatic heterocycles. The lowest BCUT2D eigenvalue weighted by molar-refractivity contribution is 0.102. The minimum Gasteiger partial charge on any atom is -0.454 e. The van der Waals surface area contributed by atoms with E-state index in [2.05, 4.69) is 20.0 Å². The first kappa shape index (κ1) is 15.7. The molecule has 10 nitrogen and oxygen atoms in total. The third kappa shape index (κ3) is 2.83. The molecule has 1 amide bonds. The van der Waals surface area contributed by atoms with Crippen LogP contribution in [0.1, 0.15) is 15.9 Å². The Morgan fingerprint density at radius 2 is 2.08 bits per heavy atom. The lowest BCUT2D eigenvalue weighted by Crippen LogP contribution is -2.39. The molecule has 4 rings (SSSR count). The van der Waals surface area contributed by atoms with Gasteiger partial charge in [-0.15, -0.1) is 0 Å². The number of fused-ring (bicyclic) bond motifs is 1. The Kier molecular flexibility index (Phi) is 3.77. The number of rotatable bonds is 4. The van der Waals surface area contributed by atoms with Gasteiger partial charge < -0.3 is 24.3 Å². The van der Waals surface area contributed by atoms with Crippen LogP contribution in [0.4, 0.5) is 5.82 Å². The molecule has 3 aromatic rings. The number of H-pyrrole nitrogens is 1. The quantitative estimate of drug-likeness (QED) is 0.698. The topological polar surface area (TPSA) is 128 Å². The smallest absolute Gasteiger partial charge is 0.328 e.